The number of hydrogen-bond donors (Lipinski definition) is 1. The number of rotatable bonds is 6. The minimum Gasteiger partial charge on any atom is -0.486 e. The molecule has 3 atom stereocenters. The van der Waals surface area contributed by atoms with Gasteiger partial charge in [-0.25, -0.2) is 9.59 Å². The number of benzene rings is 2. The molecule has 0 aliphatic carbocycles. The van der Waals surface area contributed by atoms with Crippen LogP contribution in [0.3, 0.4) is 0 Å². The molecule has 6 heterocycles. The first-order valence-corrected chi connectivity index (χ1v) is 18.6. The molecule has 12 nitrogen and oxygen atoms in total. The van der Waals surface area contributed by atoms with Gasteiger partial charge in [-0.2, -0.15) is 0 Å². The minimum absolute atomic E-state index is 0.0269. The number of hydrogen-bond acceptors (Lipinski definition) is 8. The predicted molar refractivity (Wildman–Crippen MR) is 188 cm³/mol. The molecule has 0 saturated carbocycles. The SMILES string of the molecule is Cc1cc(CC(OC(=O)N2CCC(N3CCc4ccccc4NC3=O)CC2)C(=O)N2CCC(N3CC4CC3CN4C)CC2)cc2c1OCCO2. The molecule has 3 unspecified atom stereocenters. The lowest BCUT2D eigenvalue weighted by molar-refractivity contribution is -0.142. The summed E-state index contributed by atoms with van der Waals surface area (Å²) in [7, 11) is 2.23. The number of ether oxygens (including phenoxy) is 3. The number of amides is 4. The molecule has 12 heteroatoms. The van der Waals surface area contributed by atoms with E-state index in [1.54, 1.807) is 4.90 Å². The number of urea groups is 1. The van der Waals surface area contributed by atoms with Gasteiger partial charge < -0.3 is 39.1 Å². The number of fused-ring (bicyclic) bond motifs is 4. The molecule has 8 rings (SSSR count). The smallest absolute Gasteiger partial charge is 0.410 e. The fourth-order valence-electron chi connectivity index (χ4n) is 9.17. The average molecular weight is 687 g/mol. The van der Waals surface area contributed by atoms with E-state index in [0.29, 0.717) is 82.7 Å². The first-order valence-electron chi connectivity index (χ1n) is 18.6. The third-order valence-corrected chi connectivity index (χ3v) is 11.9. The van der Waals surface area contributed by atoms with Crippen molar-refractivity contribution in [1.82, 2.24) is 24.5 Å². The molecule has 50 heavy (non-hydrogen) atoms. The number of anilines is 1. The summed E-state index contributed by atoms with van der Waals surface area (Å²) in [5.74, 6) is 1.26. The second kappa shape index (κ2) is 13.9. The first kappa shape index (κ1) is 33.1. The van der Waals surface area contributed by atoms with E-state index in [1.807, 2.05) is 47.1 Å². The van der Waals surface area contributed by atoms with Crippen LogP contribution in [0, 0.1) is 6.92 Å². The van der Waals surface area contributed by atoms with Crippen LogP contribution in [-0.2, 0) is 22.4 Å². The number of nitrogens with one attached hydrogen (secondary N) is 1. The highest BCUT2D eigenvalue weighted by atomic mass is 16.6. The maximum absolute atomic E-state index is 14.2. The van der Waals surface area contributed by atoms with Crippen LogP contribution in [0.5, 0.6) is 11.5 Å². The van der Waals surface area contributed by atoms with Crippen LogP contribution in [0.4, 0.5) is 15.3 Å². The van der Waals surface area contributed by atoms with E-state index in [4.69, 9.17) is 14.2 Å². The van der Waals surface area contributed by atoms with Gasteiger partial charge in [-0.05, 0) is 81.3 Å². The Bertz CT molecular complexity index is 1600. The highest BCUT2D eigenvalue weighted by Gasteiger charge is 2.45. The van der Waals surface area contributed by atoms with E-state index in [-0.39, 0.29) is 24.4 Å². The zero-order chi connectivity index (χ0) is 34.4. The van der Waals surface area contributed by atoms with Crippen molar-refractivity contribution in [3.8, 4) is 11.5 Å². The molecule has 2 bridgehead atoms. The third kappa shape index (κ3) is 6.59. The summed E-state index contributed by atoms with van der Waals surface area (Å²) in [6, 6.07) is 13.5. The Hall–Kier alpha value is -4.03. The highest BCUT2D eigenvalue weighted by molar-refractivity contribution is 5.91. The molecule has 0 aromatic heterocycles. The van der Waals surface area contributed by atoms with Crippen LogP contribution in [0.1, 0.15) is 48.8 Å². The van der Waals surface area contributed by atoms with Crippen LogP contribution >= 0.6 is 0 Å². The number of likely N-dealkylation sites (N-methyl/N-ethyl adjacent to an activating group) is 1. The van der Waals surface area contributed by atoms with Gasteiger partial charge in [-0.1, -0.05) is 24.3 Å². The Morgan fingerprint density at radius 2 is 1.64 bits per heavy atom. The Labute approximate surface area is 294 Å². The molecule has 0 radical (unpaired) electrons. The van der Waals surface area contributed by atoms with Gasteiger partial charge in [-0.3, -0.25) is 9.69 Å². The topological polar surface area (TPSA) is 107 Å². The summed E-state index contributed by atoms with van der Waals surface area (Å²) < 4.78 is 17.9. The summed E-state index contributed by atoms with van der Waals surface area (Å²) in [5, 5.41) is 3.06. The quantitative estimate of drug-likeness (QED) is 0.490. The van der Waals surface area contributed by atoms with E-state index in [1.165, 1.54) is 6.42 Å². The predicted octanol–water partition coefficient (Wildman–Crippen LogP) is 3.75. The summed E-state index contributed by atoms with van der Waals surface area (Å²) in [4.78, 5) is 51.8. The molecule has 0 spiro atoms. The molecule has 1 N–H and O–H groups in total. The van der Waals surface area contributed by atoms with Gasteiger partial charge >= 0.3 is 12.1 Å². The second-order valence-corrected chi connectivity index (χ2v) is 15.0. The molecule has 268 valence electrons. The fraction of sp³-hybridized carbons (Fsp3) is 0.605. The van der Waals surface area contributed by atoms with Gasteiger partial charge in [0, 0.05) is 82.1 Å². The Morgan fingerprint density at radius 1 is 0.900 bits per heavy atom. The van der Waals surface area contributed by atoms with Crippen LogP contribution in [-0.4, -0.2) is 139 Å². The first-order chi connectivity index (χ1) is 24.3. The number of carbonyl (C=O) groups excluding carboxylic acids is 3. The van der Waals surface area contributed by atoms with Gasteiger partial charge in [0.25, 0.3) is 5.91 Å². The Morgan fingerprint density at radius 3 is 2.40 bits per heavy atom. The number of carbonyl (C=O) groups is 3. The van der Waals surface area contributed by atoms with Crippen LogP contribution in [0.2, 0.25) is 0 Å². The molecular formula is C38H50N6O6. The van der Waals surface area contributed by atoms with E-state index in [2.05, 4.69) is 28.2 Å². The van der Waals surface area contributed by atoms with E-state index in [0.717, 1.165) is 60.5 Å². The Kier molecular flexibility index (Phi) is 9.24. The number of para-hydroxylation sites is 1. The maximum Gasteiger partial charge on any atom is 0.410 e. The van der Waals surface area contributed by atoms with Gasteiger partial charge in [0.15, 0.2) is 17.6 Å². The summed E-state index contributed by atoms with van der Waals surface area (Å²) >= 11 is 0. The maximum atomic E-state index is 14.2. The molecular weight excluding hydrogens is 636 g/mol. The monoisotopic (exact) mass is 686 g/mol. The van der Waals surface area contributed by atoms with E-state index in [9.17, 15) is 14.4 Å². The molecule has 6 aliphatic heterocycles. The summed E-state index contributed by atoms with van der Waals surface area (Å²) in [6.45, 7) is 8.08. The van der Waals surface area contributed by atoms with Crippen LogP contribution in [0.15, 0.2) is 36.4 Å². The normalized spacial score (nSPS) is 25.2. The largest absolute Gasteiger partial charge is 0.486 e. The van der Waals surface area contributed by atoms with Crippen LogP contribution < -0.4 is 14.8 Å². The van der Waals surface area contributed by atoms with Gasteiger partial charge in [0.2, 0.25) is 0 Å². The number of aryl methyl sites for hydroxylation is 1. The molecule has 4 amide bonds. The van der Waals surface area contributed by atoms with Crippen molar-refractivity contribution in [1.29, 1.82) is 0 Å². The van der Waals surface area contributed by atoms with Gasteiger partial charge in [0.05, 0.1) is 0 Å². The number of likely N-dealkylation sites (tertiary alicyclic amines) is 4. The van der Waals surface area contributed by atoms with Crippen molar-refractivity contribution >= 4 is 23.7 Å². The Balaban J connectivity index is 0.919. The number of nitrogens with zero attached hydrogens (tertiary/aromatic N) is 5. The number of piperazine rings is 1. The van der Waals surface area contributed by atoms with E-state index >= 15 is 0 Å². The van der Waals surface area contributed by atoms with E-state index < -0.39 is 12.2 Å². The second-order valence-electron chi connectivity index (χ2n) is 15.0. The van der Waals surface area contributed by atoms with Crippen molar-refractivity contribution in [2.75, 3.05) is 71.4 Å². The molecule has 6 aliphatic rings. The zero-order valence-corrected chi connectivity index (χ0v) is 29.4. The van der Waals surface area contributed by atoms with Crippen molar-refractivity contribution in [3.63, 3.8) is 0 Å². The van der Waals surface area contributed by atoms with Crippen molar-refractivity contribution in [2.45, 2.75) is 82.1 Å². The van der Waals surface area contributed by atoms with Crippen molar-refractivity contribution in [2.24, 2.45) is 0 Å². The van der Waals surface area contributed by atoms with Crippen molar-refractivity contribution in [3.05, 3.63) is 53.1 Å². The lowest BCUT2D eigenvalue weighted by Crippen LogP contribution is -2.55. The number of piperidine rings is 2. The van der Waals surface area contributed by atoms with Crippen LogP contribution in [0.25, 0.3) is 0 Å². The minimum atomic E-state index is -0.954. The fourth-order valence-corrected chi connectivity index (χ4v) is 9.17. The average Bonchev–Trinajstić information content (AvgIpc) is 3.67. The molecule has 2 aromatic rings. The van der Waals surface area contributed by atoms with Crippen molar-refractivity contribution < 1.29 is 28.6 Å². The summed E-state index contributed by atoms with van der Waals surface area (Å²) in [6.07, 6.45) is 4.04. The zero-order valence-electron chi connectivity index (χ0n) is 29.4. The molecule has 4 saturated heterocycles. The standard InChI is InChI=1S/C38H50N6O6/c1-25-19-26(20-33-35(25)49-18-17-48-33)21-34(36(45)41-12-8-29(9-13-41)44-24-30-22-31(44)23-40(30)2)50-38(47)42-14-10-28(11-15-42)43-16-7-27-5-3-4-6-32(27)39-37(43)46/h3-6,19-20,28-31,34H,7-18,21-24H2,1-2H3,(H,39,46). The molecule has 4 fully saturated rings. The van der Waals surface area contributed by atoms with Gasteiger partial charge in [-0.15, -0.1) is 0 Å². The summed E-state index contributed by atoms with van der Waals surface area (Å²) in [5.41, 5.74) is 3.80. The molecule has 2 aromatic carbocycles. The lowest BCUT2D eigenvalue weighted by atomic mass is 9.99. The highest BCUT2D eigenvalue weighted by Crippen LogP contribution is 2.36. The lowest BCUT2D eigenvalue weighted by Gasteiger charge is -2.42. The van der Waals surface area contributed by atoms with Gasteiger partial charge in [0.1, 0.15) is 13.2 Å². The third-order valence-electron chi connectivity index (χ3n) is 11.9.